The Bertz CT molecular complexity index is 4310. The van der Waals surface area contributed by atoms with Crippen molar-refractivity contribution in [2.75, 3.05) is 0 Å². The van der Waals surface area contributed by atoms with Crippen LogP contribution in [0, 0.1) is 148 Å². The lowest BCUT2D eigenvalue weighted by Crippen LogP contribution is -2.46. The Hall–Kier alpha value is -7.95. The predicted octanol–water partition coefficient (Wildman–Crippen LogP) is 13.5. The first-order valence-electron chi connectivity index (χ1n) is 50.8. The lowest BCUT2D eigenvalue weighted by Gasteiger charge is -2.36. The molecule has 0 amide bonds. The number of rotatable bonds is 26. The molecule has 0 radical (unpaired) electrons. The van der Waals surface area contributed by atoms with Gasteiger partial charge in [-0.3, -0.25) is 71.9 Å². The summed E-state index contributed by atoms with van der Waals surface area (Å²) in [5, 5.41) is 0. The molecule has 35 unspecified atom stereocenters. The van der Waals surface area contributed by atoms with Gasteiger partial charge in [0, 0.05) is 59.2 Å². The zero-order valence-electron chi connectivity index (χ0n) is 78.9. The van der Waals surface area contributed by atoms with E-state index in [1.165, 1.54) is 12.8 Å². The molecule has 0 spiro atoms. The Morgan fingerprint density at radius 1 is 0.282 bits per heavy atom. The van der Waals surface area contributed by atoms with Crippen molar-refractivity contribution in [2.24, 2.45) is 148 Å². The summed E-state index contributed by atoms with van der Waals surface area (Å²) in [4.78, 5) is 188. The van der Waals surface area contributed by atoms with Crippen LogP contribution in [-0.2, 0) is 143 Å². The van der Waals surface area contributed by atoms with Crippen LogP contribution in [0.2, 0.25) is 0 Å². The zero-order chi connectivity index (χ0) is 93.5. The summed E-state index contributed by atoms with van der Waals surface area (Å²) in [5.41, 5.74) is -1.25. The molecule has 30 nitrogen and oxygen atoms in total. The molecule has 5 heterocycles. The largest absolute Gasteiger partial charge is 0.462 e. The van der Waals surface area contributed by atoms with E-state index in [9.17, 15) is 71.9 Å². The van der Waals surface area contributed by atoms with Crippen LogP contribution in [0.5, 0.6) is 0 Å². The van der Waals surface area contributed by atoms with Crippen molar-refractivity contribution < 1.29 is 143 Å². The van der Waals surface area contributed by atoms with E-state index < -0.39 is 119 Å². The van der Waals surface area contributed by atoms with Crippen molar-refractivity contribution in [2.45, 2.75) is 392 Å². The second-order valence-electron chi connectivity index (χ2n) is 43.4. The number of fused-ring (bicyclic) bond motifs is 5. The fourth-order valence-electron chi connectivity index (χ4n) is 27.2. The third kappa shape index (κ3) is 18.2. The van der Waals surface area contributed by atoms with E-state index in [-0.39, 0.29) is 208 Å². The summed E-state index contributed by atoms with van der Waals surface area (Å²) < 4.78 is 85.5. The lowest BCUT2D eigenvalue weighted by atomic mass is 9.78. The van der Waals surface area contributed by atoms with Crippen LogP contribution in [0.3, 0.4) is 0 Å². The highest BCUT2D eigenvalue weighted by Gasteiger charge is 2.76. The first-order chi connectivity index (χ1) is 62.6. The highest BCUT2D eigenvalue weighted by molar-refractivity contribution is 5.91. The fourth-order valence-corrected chi connectivity index (χ4v) is 27.2. The molecule has 20 fully saturated rings. The number of carbonyl (C=O) groups excluding carboxylic acids is 15. The predicted molar refractivity (Wildman–Crippen MR) is 458 cm³/mol. The molecule has 0 aromatic heterocycles. The average Bonchev–Trinajstić information content (AvgIpc) is 1.57. The molecular formula is C101H142O30. The van der Waals surface area contributed by atoms with Gasteiger partial charge >= 0.3 is 89.5 Å². The summed E-state index contributed by atoms with van der Waals surface area (Å²) in [6.07, 6.45) is 25.1. The van der Waals surface area contributed by atoms with Crippen molar-refractivity contribution >= 4 is 89.5 Å². The molecule has 5 aliphatic heterocycles. The van der Waals surface area contributed by atoms with Gasteiger partial charge in [0.05, 0.1) is 88.8 Å². The van der Waals surface area contributed by atoms with Gasteiger partial charge in [-0.05, 0) is 213 Å². The number of carbonyl (C=O) groups is 15. The number of ether oxygens (including phenoxy) is 15. The highest BCUT2D eigenvalue weighted by atomic mass is 16.6. The van der Waals surface area contributed by atoms with Crippen LogP contribution in [0.4, 0.5) is 0 Å². The minimum Gasteiger partial charge on any atom is -0.462 e. The van der Waals surface area contributed by atoms with Crippen LogP contribution < -0.4 is 0 Å². The molecule has 15 aliphatic carbocycles. The summed E-state index contributed by atoms with van der Waals surface area (Å²) in [5.74, 6) is -11.3. The quantitative estimate of drug-likeness (QED) is 0.0573. The summed E-state index contributed by atoms with van der Waals surface area (Å²) in [7, 11) is 0. The van der Waals surface area contributed by atoms with Crippen LogP contribution in [0.15, 0.2) is 0 Å². The number of hydrogen-bond acceptors (Lipinski definition) is 30. The van der Waals surface area contributed by atoms with E-state index in [0.717, 1.165) is 135 Å². The molecule has 20 aliphatic rings. The number of esters is 15. The van der Waals surface area contributed by atoms with E-state index in [0.29, 0.717) is 64.2 Å². The molecule has 35 atom stereocenters. The molecule has 5 saturated heterocycles. The summed E-state index contributed by atoms with van der Waals surface area (Å²) in [6.45, 7) is 24.8. The molecule has 20 rings (SSSR count). The second kappa shape index (κ2) is 39.0. The maximum absolute atomic E-state index is 13.1. The molecule has 15 saturated carbocycles. The molecule has 0 aromatic rings. The van der Waals surface area contributed by atoms with Gasteiger partial charge in [0.1, 0.15) is 90.1 Å². The Balaban J connectivity index is 0.000000120. The third-order valence-electron chi connectivity index (χ3n) is 35.6. The second-order valence-corrected chi connectivity index (χ2v) is 43.4. The minimum absolute atomic E-state index is 0.0200. The normalized spacial score (nSPS) is 39.8. The van der Waals surface area contributed by atoms with Crippen molar-refractivity contribution in [3.63, 3.8) is 0 Å². The maximum atomic E-state index is 13.1. The van der Waals surface area contributed by atoms with Crippen molar-refractivity contribution in [3.8, 4) is 0 Å². The SMILES string of the molecule is CCC(C)C(=O)OC1C2CC3C1OC(=O)C3C2C(=O)OC1(C)CCCC1.CCC(C)C(=O)OC1C2CC3C1OC(=O)C3C2C(=O)OC1(C)CCCCC1.CCC(C)C(=O)OC1C2CC3C1OC(=O)C3C2C(=O)OC1(CC)CCCC1.CCC(C)C(=O)OC1C2CC3C1OC(=O)C3C2C(=O)OC1CCCC1.CCC(C)C(=O)OC1C2CC3C1OC(=O)C3C2C(=O)OC1CCCCC1. The molecule has 0 aromatic carbocycles. The highest BCUT2D eigenvalue weighted by Crippen LogP contribution is 2.65. The van der Waals surface area contributed by atoms with E-state index in [1.54, 1.807) is 0 Å². The smallest absolute Gasteiger partial charge is 0.310 e. The third-order valence-corrected chi connectivity index (χ3v) is 35.6. The van der Waals surface area contributed by atoms with Gasteiger partial charge in [-0.2, -0.15) is 0 Å². The average molecular weight is 1840 g/mol. The van der Waals surface area contributed by atoms with Gasteiger partial charge < -0.3 is 71.1 Å². The lowest BCUT2D eigenvalue weighted by molar-refractivity contribution is -0.177. The molecule has 726 valence electrons. The van der Waals surface area contributed by atoms with Gasteiger partial charge in [0.2, 0.25) is 0 Å². The van der Waals surface area contributed by atoms with Crippen LogP contribution in [0.25, 0.3) is 0 Å². The Labute approximate surface area is 768 Å². The monoisotopic (exact) mass is 1830 g/mol. The maximum Gasteiger partial charge on any atom is 0.310 e. The van der Waals surface area contributed by atoms with Gasteiger partial charge in [-0.25, -0.2) is 0 Å². The van der Waals surface area contributed by atoms with Crippen molar-refractivity contribution in [3.05, 3.63) is 0 Å². The van der Waals surface area contributed by atoms with Crippen LogP contribution in [0.1, 0.15) is 302 Å². The van der Waals surface area contributed by atoms with Crippen LogP contribution >= 0.6 is 0 Å². The van der Waals surface area contributed by atoms with Crippen molar-refractivity contribution in [1.29, 1.82) is 0 Å². The summed E-state index contributed by atoms with van der Waals surface area (Å²) >= 11 is 0. The van der Waals surface area contributed by atoms with Gasteiger partial charge in [-0.15, -0.1) is 0 Å². The Morgan fingerprint density at radius 3 is 0.740 bits per heavy atom. The zero-order valence-corrected chi connectivity index (χ0v) is 78.9. The van der Waals surface area contributed by atoms with E-state index in [2.05, 4.69) is 6.92 Å². The Kier molecular flexibility index (Phi) is 28.7. The molecule has 131 heavy (non-hydrogen) atoms. The van der Waals surface area contributed by atoms with Gasteiger partial charge in [-0.1, -0.05) is 89.0 Å². The van der Waals surface area contributed by atoms with Gasteiger partial charge in [0.25, 0.3) is 0 Å². The number of hydrogen-bond donors (Lipinski definition) is 0. The van der Waals surface area contributed by atoms with E-state index in [4.69, 9.17) is 71.1 Å². The van der Waals surface area contributed by atoms with Crippen molar-refractivity contribution in [1.82, 2.24) is 0 Å². The molecule has 0 N–H and O–H groups in total. The van der Waals surface area contributed by atoms with Crippen LogP contribution in [-0.4, -0.2) is 180 Å². The molecular weight excluding hydrogens is 1690 g/mol. The first kappa shape index (κ1) is 96.2. The summed E-state index contributed by atoms with van der Waals surface area (Å²) in [6, 6.07) is 0. The topological polar surface area (TPSA) is 394 Å². The first-order valence-corrected chi connectivity index (χ1v) is 50.8. The molecule has 30 heteroatoms. The minimum atomic E-state index is -0.547. The van der Waals surface area contributed by atoms with E-state index in [1.807, 2.05) is 83.1 Å². The fraction of sp³-hybridized carbons (Fsp3) is 0.851. The molecule has 10 bridgehead atoms. The Morgan fingerprint density at radius 2 is 0.496 bits per heavy atom. The van der Waals surface area contributed by atoms with Gasteiger partial charge in [0.15, 0.2) is 0 Å². The standard InChI is InChI=1S/2C21H30O6.2C20H28O6.C19H26O6/c1-4-11(2)18(22)25-16-13-10-12-14(19(23)26-17(12)16)15(13)20(24)27-21(3)8-6-5-7-9-21;1-4-11(3)18(22)25-16-13-10-12-14(19(23)26-17(12)16)15(13)20(24)27-21(5-2)8-6-7-9-21;1-4-10(2)17(21)24-15-12-9-11-13(18(22)25-16(11)15)14(12)19(23)26-20(3)7-5-6-8-20;1-3-10(2)18(21)25-16-12-9-13-15(20(23)26-17(13)16)14(12)19(22)24-11-7-5-4-6-8-11;1-3-9(2)17(20)24-15-11-8-12-14(19(22)25-16(12)15)13(11)18(21)23-10-6-4-5-7-10/h2*11-17H,4-10H2,1-3H3;10-16H,4-9H2,1-3H3;10-17H,3-9H2,1-2H3;9-16H,3-8H2,1-2H3. The van der Waals surface area contributed by atoms with E-state index >= 15 is 0 Å².